The molecule has 0 N–H and O–H groups in total. The highest BCUT2D eigenvalue weighted by molar-refractivity contribution is 5.77. The predicted octanol–water partition coefficient (Wildman–Crippen LogP) is 4.85. The molecule has 180 valence electrons. The van der Waals surface area contributed by atoms with Crippen LogP contribution in [0.15, 0.2) is 90.0 Å². The molecule has 6 heteroatoms. The molecule has 4 aromatic rings. The molecule has 0 saturated carbocycles. The standard InChI is InChI=1S/C29H31N3O3/c1-22(19-24-13-6-9-16-27(24)35-2)32(20-23-11-4-3-5-12-23)28(33)17-10-18-31-21-30-26-15-8-7-14-25(26)29(31)34/h3-9,11-16,21-22H,10,17-20H2,1-2H3/t22-/m1/s1. The van der Waals surface area contributed by atoms with Gasteiger partial charge >= 0.3 is 0 Å². The van der Waals surface area contributed by atoms with Crippen LogP contribution in [-0.4, -0.2) is 33.5 Å². The molecule has 0 saturated heterocycles. The molecule has 0 spiro atoms. The van der Waals surface area contributed by atoms with Crippen LogP contribution >= 0.6 is 0 Å². The number of carbonyl (C=O) groups is 1. The number of hydrogen-bond donors (Lipinski definition) is 0. The summed E-state index contributed by atoms with van der Waals surface area (Å²) in [5.41, 5.74) is 2.77. The molecule has 0 aliphatic carbocycles. The summed E-state index contributed by atoms with van der Waals surface area (Å²) in [5.74, 6) is 0.896. The van der Waals surface area contributed by atoms with Crippen LogP contribution in [0.2, 0.25) is 0 Å². The monoisotopic (exact) mass is 469 g/mol. The lowest BCUT2D eigenvalue weighted by atomic mass is 10.0. The van der Waals surface area contributed by atoms with E-state index < -0.39 is 0 Å². The highest BCUT2D eigenvalue weighted by atomic mass is 16.5. The van der Waals surface area contributed by atoms with Gasteiger partial charge in [0.1, 0.15) is 5.75 Å². The summed E-state index contributed by atoms with van der Waals surface area (Å²) < 4.78 is 7.11. The number of aryl methyl sites for hydroxylation is 1. The zero-order valence-electron chi connectivity index (χ0n) is 20.3. The molecule has 4 rings (SSSR count). The Hall–Kier alpha value is -3.93. The summed E-state index contributed by atoms with van der Waals surface area (Å²) in [6.45, 7) is 3.06. The number of para-hydroxylation sites is 2. The molecule has 0 aliphatic rings. The van der Waals surface area contributed by atoms with Gasteiger partial charge in [-0.05, 0) is 49.1 Å². The molecule has 1 atom stereocenters. The first-order chi connectivity index (χ1) is 17.1. The van der Waals surface area contributed by atoms with Gasteiger partial charge in [-0.1, -0.05) is 60.7 Å². The lowest BCUT2D eigenvalue weighted by Crippen LogP contribution is -2.39. The Labute approximate surface area is 205 Å². The van der Waals surface area contributed by atoms with E-state index in [2.05, 4.69) is 11.9 Å². The molecule has 0 fully saturated rings. The highest BCUT2D eigenvalue weighted by Crippen LogP contribution is 2.22. The SMILES string of the molecule is COc1ccccc1C[C@@H](C)N(Cc1ccccc1)C(=O)CCCn1cnc2ccccc2c1=O. The van der Waals surface area contributed by atoms with E-state index in [4.69, 9.17) is 4.74 Å². The predicted molar refractivity (Wildman–Crippen MR) is 138 cm³/mol. The van der Waals surface area contributed by atoms with Crippen LogP contribution in [0.5, 0.6) is 5.75 Å². The number of aromatic nitrogens is 2. The van der Waals surface area contributed by atoms with Crippen molar-refractivity contribution >= 4 is 16.8 Å². The van der Waals surface area contributed by atoms with Gasteiger partial charge < -0.3 is 9.64 Å². The van der Waals surface area contributed by atoms with Gasteiger partial charge in [0.05, 0.1) is 24.3 Å². The number of ether oxygens (including phenoxy) is 1. The van der Waals surface area contributed by atoms with Crippen LogP contribution < -0.4 is 10.3 Å². The van der Waals surface area contributed by atoms with Crippen LogP contribution in [0.1, 0.15) is 30.9 Å². The summed E-state index contributed by atoms with van der Waals surface area (Å²) in [4.78, 5) is 32.5. The third kappa shape index (κ3) is 5.96. The number of rotatable bonds is 10. The number of nitrogens with zero attached hydrogens (tertiary/aromatic N) is 3. The lowest BCUT2D eigenvalue weighted by Gasteiger charge is -2.30. The van der Waals surface area contributed by atoms with Crippen molar-refractivity contribution < 1.29 is 9.53 Å². The van der Waals surface area contributed by atoms with Crippen LogP contribution in [0.4, 0.5) is 0 Å². The second-order valence-electron chi connectivity index (χ2n) is 8.74. The average Bonchev–Trinajstić information content (AvgIpc) is 2.89. The Morgan fingerprint density at radius 3 is 2.51 bits per heavy atom. The molecule has 3 aromatic carbocycles. The number of carbonyl (C=O) groups excluding carboxylic acids is 1. The average molecular weight is 470 g/mol. The van der Waals surface area contributed by atoms with Crippen molar-refractivity contribution in [2.75, 3.05) is 7.11 Å². The van der Waals surface area contributed by atoms with E-state index in [1.54, 1.807) is 24.1 Å². The van der Waals surface area contributed by atoms with E-state index in [1.807, 2.05) is 77.7 Å². The molecule has 0 radical (unpaired) electrons. The minimum atomic E-state index is -0.0752. The van der Waals surface area contributed by atoms with Crippen molar-refractivity contribution in [3.8, 4) is 5.75 Å². The van der Waals surface area contributed by atoms with E-state index in [-0.39, 0.29) is 17.5 Å². The fraction of sp³-hybridized carbons (Fsp3) is 0.276. The molecule has 35 heavy (non-hydrogen) atoms. The smallest absolute Gasteiger partial charge is 0.261 e. The number of hydrogen-bond acceptors (Lipinski definition) is 4. The minimum absolute atomic E-state index is 0.0240. The summed E-state index contributed by atoms with van der Waals surface area (Å²) in [6.07, 6.45) is 3.17. The number of fused-ring (bicyclic) bond motifs is 1. The molecule has 0 unspecified atom stereocenters. The largest absolute Gasteiger partial charge is 0.496 e. The van der Waals surface area contributed by atoms with E-state index in [0.29, 0.717) is 43.3 Å². The van der Waals surface area contributed by atoms with E-state index in [0.717, 1.165) is 16.9 Å². The Morgan fingerprint density at radius 1 is 1.00 bits per heavy atom. The van der Waals surface area contributed by atoms with Crippen molar-refractivity contribution in [2.24, 2.45) is 0 Å². The molecule has 1 heterocycles. The number of amides is 1. The van der Waals surface area contributed by atoms with Gasteiger partial charge in [0, 0.05) is 25.6 Å². The van der Waals surface area contributed by atoms with Gasteiger partial charge in [-0.25, -0.2) is 4.98 Å². The normalized spacial score (nSPS) is 11.8. The Kier molecular flexibility index (Phi) is 7.93. The third-order valence-electron chi connectivity index (χ3n) is 6.28. The van der Waals surface area contributed by atoms with E-state index >= 15 is 0 Å². The zero-order valence-corrected chi connectivity index (χ0v) is 20.3. The maximum atomic E-state index is 13.4. The molecule has 0 aliphatic heterocycles. The summed E-state index contributed by atoms with van der Waals surface area (Å²) in [7, 11) is 1.67. The quantitative estimate of drug-likeness (QED) is 0.333. The Bertz CT molecular complexity index is 1330. The maximum absolute atomic E-state index is 13.4. The van der Waals surface area contributed by atoms with Crippen molar-refractivity contribution in [1.29, 1.82) is 0 Å². The second kappa shape index (κ2) is 11.5. The van der Waals surface area contributed by atoms with E-state index in [9.17, 15) is 9.59 Å². The third-order valence-corrected chi connectivity index (χ3v) is 6.28. The molecular formula is C29H31N3O3. The number of methoxy groups -OCH3 is 1. The van der Waals surface area contributed by atoms with Crippen molar-refractivity contribution in [2.45, 2.75) is 45.3 Å². The van der Waals surface area contributed by atoms with Gasteiger partial charge in [-0.2, -0.15) is 0 Å². The number of benzene rings is 3. The Balaban J connectivity index is 1.47. The fourth-order valence-corrected chi connectivity index (χ4v) is 4.38. The minimum Gasteiger partial charge on any atom is -0.496 e. The topological polar surface area (TPSA) is 64.4 Å². The molecule has 1 aromatic heterocycles. The maximum Gasteiger partial charge on any atom is 0.261 e. The van der Waals surface area contributed by atoms with E-state index in [1.165, 1.54) is 0 Å². The first-order valence-electron chi connectivity index (χ1n) is 12.0. The molecule has 0 bridgehead atoms. The van der Waals surface area contributed by atoms with Crippen LogP contribution in [-0.2, 0) is 24.3 Å². The first kappa shape index (κ1) is 24.2. The molecular weight excluding hydrogens is 438 g/mol. The lowest BCUT2D eigenvalue weighted by molar-refractivity contribution is -0.134. The zero-order chi connectivity index (χ0) is 24.6. The summed E-state index contributed by atoms with van der Waals surface area (Å²) >= 11 is 0. The van der Waals surface area contributed by atoms with Crippen molar-refractivity contribution in [1.82, 2.24) is 14.5 Å². The van der Waals surface area contributed by atoms with Crippen molar-refractivity contribution in [3.05, 3.63) is 107 Å². The molecule has 1 amide bonds. The van der Waals surface area contributed by atoms with Gasteiger partial charge in [0.15, 0.2) is 0 Å². The second-order valence-corrected chi connectivity index (χ2v) is 8.74. The van der Waals surface area contributed by atoms with Crippen LogP contribution in [0.25, 0.3) is 10.9 Å². The van der Waals surface area contributed by atoms with Gasteiger partial charge in [-0.3, -0.25) is 14.2 Å². The Morgan fingerprint density at radius 2 is 1.71 bits per heavy atom. The van der Waals surface area contributed by atoms with Crippen molar-refractivity contribution in [3.63, 3.8) is 0 Å². The summed E-state index contributed by atoms with van der Waals surface area (Å²) in [5, 5.41) is 0.595. The van der Waals surface area contributed by atoms with Gasteiger partial charge in [-0.15, -0.1) is 0 Å². The van der Waals surface area contributed by atoms with Crippen LogP contribution in [0, 0.1) is 0 Å². The first-order valence-corrected chi connectivity index (χ1v) is 12.0. The van der Waals surface area contributed by atoms with Gasteiger partial charge in [0.25, 0.3) is 5.56 Å². The van der Waals surface area contributed by atoms with Crippen LogP contribution in [0.3, 0.4) is 0 Å². The fourth-order valence-electron chi connectivity index (χ4n) is 4.38. The highest BCUT2D eigenvalue weighted by Gasteiger charge is 2.22. The van der Waals surface area contributed by atoms with Gasteiger partial charge in [0.2, 0.25) is 5.91 Å². The molecule has 6 nitrogen and oxygen atoms in total. The summed E-state index contributed by atoms with van der Waals surface area (Å²) in [6, 6.07) is 25.2.